The van der Waals surface area contributed by atoms with Crippen LogP contribution in [0.2, 0.25) is 0 Å². The normalized spacial score (nSPS) is 55.1. The SMILES string of the molecule is OC[C@H]1OC2C3[C@@H](CO)OC(O[C@H]4[C@H](O)[C@@H](O)[C@@H](O[C@H]5[C@H](O)[C@@H](O)[C@@H](O[C@H]6[C@H](O)[C@@H](O)[C@@H](O[C@H]7[C@H](O)[C@@H](O)[C@@H](O[C@H]8[C@H](O)[C@@H](O)[C@@H](O[C@H]9[C@H](O)[C@@H](O)C(OC1[C@H](O)[C@H]2O)O[C@@H]9CO)O[C@@H]8CO)O[C@@H]7CO)O[C@@H]6CO)O[C@@H]5CO)O[C@@H]4CO)[C@H](O)[C@H]3O.[Mn]. The maximum absolute atomic E-state index is 11.6. The van der Waals surface area contributed by atoms with Gasteiger partial charge in [-0.1, -0.05) is 0 Å². The van der Waals surface area contributed by atoms with E-state index in [-0.39, 0.29) is 17.1 Å². The maximum Gasteiger partial charge on any atom is 0.187 e. The molecule has 513 valence electrons. The van der Waals surface area contributed by atoms with Gasteiger partial charge in [0.1, 0.15) is 177 Å². The Kier molecular flexibility index (Phi) is 25.5. The molecule has 0 spiro atoms. The molecule has 24 N–H and O–H groups in total. The molecule has 88 heavy (non-hydrogen) atoms. The van der Waals surface area contributed by atoms with Gasteiger partial charge in [0, 0.05) is 23.0 Å². The van der Waals surface area contributed by atoms with Crippen LogP contribution in [0, 0.1) is 5.92 Å². The van der Waals surface area contributed by atoms with Crippen molar-refractivity contribution >= 4 is 0 Å². The molecule has 30 rings (SSSR count). The number of rotatable bonds is 8. The van der Waals surface area contributed by atoms with Crippen LogP contribution in [0.15, 0.2) is 0 Å². The van der Waals surface area contributed by atoms with Crippen molar-refractivity contribution in [3.63, 3.8) is 0 Å². The Morgan fingerprint density at radius 3 is 0.500 bits per heavy atom. The molecule has 39 nitrogen and oxygen atoms in total. The van der Waals surface area contributed by atoms with Crippen LogP contribution in [0.25, 0.3) is 0 Å². The van der Waals surface area contributed by atoms with Gasteiger partial charge in [0.15, 0.2) is 44.0 Å². The van der Waals surface area contributed by atoms with Gasteiger partial charge in [-0.05, 0) is 0 Å². The van der Waals surface area contributed by atoms with Crippen LogP contribution in [-0.4, -0.2) is 415 Å². The van der Waals surface area contributed by atoms with E-state index in [2.05, 4.69) is 0 Å². The molecule has 40 heteroatoms. The zero-order valence-corrected chi connectivity index (χ0v) is 47.2. The molecule has 30 heterocycles. The van der Waals surface area contributed by atoms with E-state index in [1.807, 2.05) is 0 Å². The van der Waals surface area contributed by atoms with Crippen molar-refractivity contribution in [1.29, 1.82) is 0 Å². The van der Waals surface area contributed by atoms with Crippen molar-refractivity contribution in [3.8, 4) is 0 Å². The molecule has 16 bridgehead atoms. The number of aliphatic hydroxyl groups excluding tert-OH is 24. The fourth-order valence-electron chi connectivity index (χ4n) is 12.3. The first-order valence-electron chi connectivity index (χ1n) is 28.0. The van der Waals surface area contributed by atoms with Gasteiger partial charge in [-0.2, -0.15) is 0 Å². The van der Waals surface area contributed by atoms with Gasteiger partial charge in [-0.3, -0.25) is 0 Å². The summed E-state index contributed by atoms with van der Waals surface area (Å²) in [5.41, 5.74) is 0. The zero-order chi connectivity index (χ0) is 63.4. The minimum absolute atomic E-state index is 0. The van der Waals surface area contributed by atoms with Gasteiger partial charge in [0.05, 0.1) is 71.2 Å². The van der Waals surface area contributed by atoms with Crippen LogP contribution in [-0.2, 0) is 88.1 Å². The van der Waals surface area contributed by atoms with Crippen molar-refractivity contribution in [1.82, 2.24) is 0 Å². The van der Waals surface area contributed by atoms with Crippen LogP contribution in [0.1, 0.15) is 0 Å². The summed E-state index contributed by atoms with van der Waals surface area (Å²) in [6.07, 6.45) is -79.7. The molecule has 30 aliphatic heterocycles. The zero-order valence-electron chi connectivity index (χ0n) is 46.0. The third-order valence-electron chi connectivity index (χ3n) is 17.2. The van der Waals surface area contributed by atoms with E-state index in [1.165, 1.54) is 0 Å². The Hall–Kier alpha value is -1.04. The predicted octanol–water partition coefficient (Wildman–Crippen LogP) is -17.1. The molecule has 0 amide bonds. The summed E-state index contributed by atoms with van der Waals surface area (Å²) in [5, 5.41) is 266. The first-order chi connectivity index (χ1) is 41.4. The Labute approximate surface area is 507 Å². The van der Waals surface area contributed by atoms with E-state index in [1.54, 1.807) is 0 Å². The number of hydrogen-bond acceptors (Lipinski definition) is 39. The van der Waals surface area contributed by atoms with Crippen LogP contribution < -0.4 is 0 Å². The van der Waals surface area contributed by atoms with Gasteiger partial charge in [-0.25, -0.2) is 0 Å². The Bertz CT molecular complexity index is 2130. The molecule has 40 atom stereocenters. The van der Waals surface area contributed by atoms with E-state index in [0.717, 1.165) is 0 Å². The summed E-state index contributed by atoms with van der Waals surface area (Å²) in [6.45, 7) is -8.63. The molecule has 0 aromatic rings. The van der Waals surface area contributed by atoms with Crippen molar-refractivity contribution in [2.45, 2.75) is 239 Å². The largest absolute Gasteiger partial charge is 0.394 e. The first kappa shape index (κ1) is 72.8. The van der Waals surface area contributed by atoms with E-state index >= 15 is 0 Å². The van der Waals surface area contributed by atoms with E-state index in [9.17, 15) is 123 Å². The fraction of sp³-hybridized carbons (Fsp3) is 1.00. The van der Waals surface area contributed by atoms with Crippen LogP contribution in [0.4, 0.5) is 0 Å². The standard InChI is InChI=1S/C48H80O39.Mn/c49-1-9-17-18(57)27(66)42(74-9)82-35-11(3-51)76-44(29(68)21(35)60)84-37-13(5-53)78-46(31(70)23(37)62)86-39-15(7-55)80-48(33(72)25(39)64)87-40-16(8-56)79-47(32(71)26(40)65)85-38-14(6-54)77-45(30(69)24(38)63)83-36-12(4-52)75-43(28(67)22(36)61)81-34-10(2-50)73-41(17)20(59)19(34)58;/h9-72H,1-8H2;/t9-,10-,11-,12-,13-,14-,15-,16-,17?,18+,19-,20-,21-,22-,23-,24-,25-,26-,27-,28-,29-,30-,31-,32-,33-,34?,35-,36-,37-,38-,39-,40-,41?,42?,43?,44-,45-,46-,47-,48-;/m1./s1. The topological polar surface area (TPSA) is 624 Å². The van der Waals surface area contributed by atoms with Crippen LogP contribution in [0.5, 0.6) is 0 Å². The first-order valence-corrected chi connectivity index (χ1v) is 28.0. The summed E-state index contributed by atoms with van der Waals surface area (Å²) in [4.78, 5) is 0. The maximum atomic E-state index is 11.6. The van der Waals surface area contributed by atoms with Crippen molar-refractivity contribution in [2.75, 3.05) is 52.9 Å². The molecule has 0 aliphatic carbocycles. The predicted molar refractivity (Wildman–Crippen MR) is 260 cm³/mol. The van der Waals surface area contributed by atoms with E-state index in [0.29, 0.717) is 0 Å². The van der Waals surface area contributed by atoms with Gasteiger partial charge in [-0.15, -0.1) is 0 Å². The van der Waals surface area contributed by atoms with E-state index in [4.69, 9.17) is 71.1 Å². The summed E-state index contributed by atoms with van der Waals surface area (Å²) in [6, 6.07) is 0. The van der Waals surface area contributed by atoms with Gasteiger partial charge in [0.2, 0.25) is 0 Å². The molecule has 0 saturated carbocycles. The smallest absolute Gasteiger partial charge is 0.187 e. The minimum Gasteiger partial charge on any atom is -0.394 e. The summed E-state index contributed by atoms with van der Waals surface area (Å²) in [5.74, 6) is -1.75. The molecule has 30 fully saturated rings. The van der Waals surface area contributed by atoms with Gasteiger partial charge in [0.25, 0.3) is 0 Å². The van der Waals surface area contributed by atoms with Gasteiger partial charge >= 0.3 is 0 Å². The van der Waals surface area contributed by atoms with Crippen LogP contribution >= 0.6 is 0 Å². The monoisotopic (exact) mass is 1340 g/mol. The second-order valence-electron chi connectivity index (χ2n) is 22.5. The Morgan fingerprint density at radius 2 is 0.307 bits per heavy atom. The third kappa shape index (κ3) is 14.0. The average molecular weight is 1340 g/mol. The molecular weight excluding hydrogens is 1260 g/mol. The fourth-order valence-corrected chi connectivity index (χ4v) is 12.3. The van der Waals surface area contributed by atoms with Crippen molar-refractivity contribution in [2.24, 2.45) is 5.92 Å². The summed E-state index contributed by atoms with van der Waals surface area (Å²) >= 11 is 0. The molecule has 5 unspecified atom stereocenters. The molecule has 0 aromatic heterocycles. The Balaban J connectivity index is 0.0000100. The van der Waals surface area contributed by atoms with Crippen molar-refractivity contribution in [3.05, 3.63) is 0 Å². The number of ether oxygens (including phenoxy) is 15. The second kappa shape index (κ2) is 30.8. The Morgan fingerprint density at radius 1 is 0.159 bits per heavy atom. The number of aliphatic hydroxyl groups is 24. The average Bonchev–Trinajstić information content (AvgIpc) is 2.45. The minimum atomic E-state index is -2.25. The summed E-state index contributed by atoms with van der Waals surface area (Å²) < 4.78 is 85.8. The van der Waals surface area contributed by atoms with E-state index < -0.39 is 298 Å². The second-order valence-corrected chi connectivity index (χ2v) is 22.5. The van der Waals surface area contributed by atoms with Crippen molar-refractivity contribution < 1.29 is 211 Å². The summed E-state index contributed by atoms with van der Waals surface area (Å²) in [7, 11) is 0. The molecule has 0 aromatic carbocycles. The molecule has 1 radical (unpaired) electrons. The number of hydrogen-bond donors (Lipinski definition) is 24. The van der Waals surface area contributed by atoms with Crippen LogP contribution in [0.3, 0.4) is 0 Å². The molecule has 30 saturated heterocycles. The third-order valence-corrected chi connectivity index (χ3v) is 17.2. The van der Waals surface area contributed by atoms with Gasteiger partial charge < -0.3 is 194 Å². The molecular formula is C48H80MnO39. The quantitative estimate of drug-likeness (QED) is 0.100. The molecule has 30 aliphatic rings.